The van der Waals surface area contributed by atoms with Gasteiger partial charge in [0.2, 0.25) is 0 Å². The summed E-state index contributed by atoms with van der Waals surface area (Å²) in [6.45, 7) is 3.41. The molecule has 2 atom stereocenters. The SMILES string of the molecule is CO[C@@H]1CCN(C(=O)c2cc(C)ccn2)C[C@H]1Cc1ccccc1. The molecule has 1 saturated heterocycles. The number of rotatable bonds is 4. The molecule has 126 valence electrons. The van der Waals surface area contributed by atoms with Gasteiger partial charge in [-0.1, -0.05) is 30.3 Å². The highest BCUT2D eigenvalue weighted by atomic mass is 16.5. The summed E-state index contributed by atoms with van der Waals surface area (Å²) in [6.07, 6.45) is 3.68. The van der Waals surface area contributed by atoms with Crippen molar-refractivity contribution in [3.05, 3.63) is 65.5 Å². The first-order valence-corrected chi connectivity index (χ1v) is 8.46. The molecule has 0 N–H and O–H groups in total. The molecule has 1 aliphatic rings. The Kier molecular flexibility index (Phi) is 5.26. The van der Waals surface area contributed by atoms with Crippen LogP contribution >= 0.6 is 0 Å². The van der Waals surface area contributed by atoms with Crippen molar-refractivity contribution in [3.8, 4) is 0 Å². The minimum atomic E-state index is 0.0197. The van der Waals surface area contributed by atoms with Crippen LogP contribution in [0.25, 0.3) is 0 Å². The highest BCUT2D eigenvalue weighted by molar-refractivity contribution is 5.92. The Morgan fingerprint density at radius 1 is 1.29 bits per heavy atom. The number of ether oxygens (including phenoxy) is 1. The van der Waals surface area contributed by atoms with Crippen molar-refractivity contribution in [2.45, 2.75) is 25.9 Å². The number of benzene rings is 1. The monoisotopic (exact) mass is 324 g/mol. The van der Waals surface area contributed by atoms with Crippen molar-refractivity contribution in [1.82, 2.24) is 9.88 Å². The number of carbonyl (C=O) groups excluding carboxylic acids is 1. The largest absolute Gasteiger partial charge is 0.381 e. The van der Waals surface area contributed by atoms with Gasteiger partial charge in [0.1, 0.15) is 5.69 Å². The predicted molar refractivity (Wildman–Crippen MR) is 93.9 cm³/mol. The Balaban J connectivity index is 1.73. The number of nitrogens with zero attached hydrogens (tertiary/aromatic N) is 2. The summed E-state index contributed by atoms with van der Waals surface area (Å²) in [6, 6.07) is 14.2. The van der Waals surface area contributed by atoms with Crippen molar-refractivity contribution < 1.29 is 9.53 Å². The molecule has 24 heavy (non-hydrogen) atoms. The Morgan fingerprint density at radius 2 is 2.08 bits per heavy atom. The lowest BCUT2D eigenvalue weighted by atomic mass is 9.88. The van der Waals surface area contributed by atoms with Crippen molar-refractivity contribution in [2.75, 3.05) is 20.2 Å². The second-order valence-corrected chi connectivity index (χ2v) is 6.48. The molecule has 1 aromatic heterocycles. The van der Waals surface area contributed by atoms with Crippen molar-refractivity contribution in [3.63, 3.8) is 0 Å². The molecular formula is C20H24N2O2. The fourth-order valence-electron chi connectivity index (χ4n) is 3.43. The maximum atomic E-state index is 12.8. The zero-order valence-electron chi connectivity index (χ0n) is 14.3. The summed E-state index contributed by atoms with van der Waals surface area (Å²) in [7, 11) is 1.77. The normalized spacial score (nSPS) is 20.8. The van der Waals surface area contributed by atoms with Gasteiger partial charge >= 0.3 is 0 Å². The number of aromatic nitrogens is 1. The molecule has 1 aliphatic heterocycles. The molecule has 1 aromatic carbocycles. The highest BCUT2D eigenvalue weighted by Crippen LogP contribution is 2.24. The van der Waals surface area contributed by atoms with E-state index in [1.54, 1.807) is 13.3 Å². The molecule has 2 aromatic rings. The summed E-state index contributed by atoms with van der Waals surface area (Å²) >= 11 is 0. The van der Waals surface area contributed by atoms with Gasteiger partial charge in [-0.3, -0.25) is 9.78 Å². The fourth-order valence-corrected chi connectivity index (χ4v) is 3.43. The molecule has 0 radical (unpaired) electrons. The first-order valence-electron chi connectivity index (χ1n) is 8.46. The first-order chi connectivity index (χ1) is 11.7. The lowest BCUT2D eigenvalue weighted by Gasteiger charge is -2.38. The van der Waals surface area contributed by atoms with Crippen LogP contribution in [-0.2, 0) is 11.2 Å². The number of pyridine rings is 1. The molecule has 0 bridgehead atoms. The Hall–Kier alpha value is -2.20. The molecule has 4 heteroatoms. The summed E-state index contributed by atoms with van der Waals surface area (Å²) in [5, 5.41) is 0. The third-order valence-electron chi connectivity index (χ3n) is 4.73. The molecule has 1 fully saturated rings. The Morgan fingerprint density at radius 3 is 2.79 bits per heavy atom. The third-order valence-corrected chi connectivity index (χ3v) is 4.73. The summed E-state index contributed by atoms with van der Waals surface area (Å²) in [4.78, 5) is 18.9. The Bertz CT molecular complexity index is 687. The van der Waals surface area contributed by atoms with Gasteiger partial charge in [-0.05, 0) is 43.0 Å². The van der Waals surface area contributed by atoms with Gasteiger partial charge in [0.15, 0.2) is 0 Å². The maximum Gasteiger partial charge on any atom is 0.272 e. The van der Waals surface area contributed by atoms with Gasteiger partial charge in [-0.25, -0.2) is 0 Å². The van der Waals surface area contributed by atoms with Gasteiger partial charge in [-0.15, -0.1) is 0 Å². The zero-order chi connectivity index (χ0) is 16.9. The quantitative estimate of drug-likeness (QED) is 0.868. The summed E-state index contributed by atoms with van der Waals surface area (Å²) in [5.41, 5.74) is 2.87. The Labute approximate surface area is 143 Å². The summed E-state index contributed by atoms with van der Waals surface area (Å²) in [5.74, 6) is 0.325. The molecule has 0 spiro atoms. The van der Waals surface area contributed by atoms with Crippen LogP contribution in [0.2, 0.25) is 0 Å². The lowest BCUT2D eigenvalue weighted by Crippen LogP contribution is -2.47. The average molecular weight is 324 g/mol. The smallest absolute Gasteiger partial charge is 0.272 e. The second-order valence-electron chi connectivity index (χ2n) is 6.48. The number of aryl methyl sites for hydroxylation is 1. The minimum absolute atomic E-state index is 0.0197. The van der Waals surface area contributed by atoms with Crippen LogP contribution in [0.4, 0.5) is 0 Å². The first kappa shape index (κ1) is 16.7. The maximum absolute atomic E-state index is 12.8. The van der Waals surface area contributed by atoms with E-state index in [9.17, 15) is 4.79 Å². The van der Waals surface area contributed by atoms with Gasteiger partial charge in [0, 0.05) is 32.3 Å². The molecule has 3 rings (SSSR count). The van der Waals surface area contributed by atoms with E-state index in [1.165, 1.54) is 5.56 Å². The number of hydrogen-bond donors (Lipinski definition) is 0. The van der Waals surface area contributed by atoms with E-state index in [-0.39, 0.29) is 12.0 Å². The van der Waals surface area contributed by atoms with E-state index < -0.39 is 0 Å². The number of hydrogen-bond acceptors (Lipinski definition) is 3. The van der Waals surface area contributed by atoms with Crippen molar-refractivity contribution in [2.24, 2.45) is 5.92 Å². The van der Waals surface area contributed by atoms with Crippen LogP contribution in [0, 0.1) is 12.8 Å². The molecule has 2 heterocycles. The molecule has 0 aliphatic carbocycles. The van der Waals surface area contributed by atoms with E-state index in [0.29, 0.717) is 18.2 Å². The molecule has 0 saturated carbocycles. The standard InChI is InChI=1S/C20H24N2O2/c1-15-8-10-21-18(12-15)20(23)22-11-9-19(24-2)17(14-22)13-16-6-4-3-5-7-16/h3-8,10,12,17,19H,9,11,13-14H2,1-2H3/t17-,19-/m1/s1. The average Bonchev–Trinajstić information content (AvgIpc) is 2.62. The van der Waals surface area contributed by atoms with Crippen LogP contribution in [0.3, 0.4) is 0 Å². The van der Waals surface area contributed by atoms with Crippen LogP contribution in [0.5, 0.6) is 0 Å². The number of likely N-dealkylation sites (tertiary alicyclic amines) is 1. The van der Waals surface area contributed by atoms with Crippen LogP contribution in [0.1, 0.15) is 28.0 Å². The van der Waals surface area contributed by atoms with Crippen molar-refractivity contribution >= 4 is 5.91 Å². The number of methoxy groups -OCH3 is 1. The second kappa shape index (κ2) is 7.58. The van der Waals surface area contributed by atoms with E-state index >= 15 is 0 Å². The van der Waals surface area contributed by atoms with E-state index in [0.717, 1.165) is 24.9 Å². The molecule has 0 unspecified atom stereocenters. The predicted octanol–water partition coefficient (Wildman–Crippen LogP) is 3.11. The van der Waals surface area contributed by atoms with Crippen LogP contribution in [0.15, 0.2) is 48.7 Å². The number of carbonyl (C=O) groups is 1. The lowest BCUT2D eigenvalue weighted by molar-refractivity contribution is -0.00317. The topological polar surface area (TPSA) is 42.4 Å². The van der Waals surface area contributed by atoms with Gasteiger partial charge in [-0.2, -0.15) is 0 Å². The number of amides is 1. The van der Waals surface area contributed by atoms with Crippen LogP contribution in [-0.4, -0.2) is 42.1 Å². The zero-order valence-corrected chi connectivity index (χ0v) is 14.3. The van der Waals surface area contributed by atoms with Crippen LogP contribution < -0.4 is 0 Å². The number of piperidine rings is 1. The minimum Gasteiger partial charge on any atom is -0.381 e. The third kappa shape index (κ3) is 3.82. The van der Waals surface area contributed by atoms with E-state index in [2.05, 4.69) is 29.2 Å². The fraction of sp³-hybridized carbons (Fsp3) is 0.400. The molecular weight excluding hydrogens is 300 g/mol. The molecule has 1 amide bonds. The van der Waals surface area contributed by atoms with Gasteiger partial charge in [0.25, 0.3) is 5.91 Å². The van der Waals surface area contributed by atoms with E-state index in [4.69, 9.17) is 4.74 Å². The van der Waals surface area contributed by atoms with E-state index in [1.807, 2.05) is 30.0 Å². The van der Waals surface area contributed by atoms with Gasteiger partial charge in [0.05, 0.1) is 6.10 Å². The molecule has 4 nitrogen and oxygen atoms in total. The summed E-state index contributed by atoms with van der Waals surface area (Å²) < 4.78 is 5.68. The van der Waals surface area contributed by atoms with Gasteiger partial charge < -0.3 is 9.64 Å². The highest BCUT2D eigenvalue weighted by Gasteiger charge is 2.32. The van der Waals surface area contributed by atoms with Crippen molar-refractivity contribution in [1.29, 1.82) is 0 Å².